The van der Waals surface area contributed by atoms with Gasteiger partial charge in [-0.2, -0.15) is 0 Å². The number of amides is 1. The molecular formula is C18H18N4O2. The Kier molecular flexibility index (Phi) is 3.74. The SMILES string of the molecule is O=C(N[C@H]1CC[C@@H]1O)c1cnc2c(c1)ncn2Cc1ccccc1. The number of carbonyl (C=O) groups is 1. The number of aromatic nitrogens is 3. The van der Waals surface area contributed by atoms with Crippen LogP contribution in [0.1, 0.15) is 28.8 Å². The van der Waals surface area contributed by atoms with E-state index in [9.17, 15) is 9.90 Å². The van der Waals surface area contributed by atoms with Crippen molar-refractivity contribution < 1.29 is 9.90 Å². The highest BCUT2D eigenvalue weighted by molar-refractivity contribution is 5.96. The van der Waals surface area contributed by atoms with E-state index in [1.807, 2.05) is 22.8 Å². The maximum atomic E-state index is 12.2. The van der Waals surface area contributed by atoms with Gasteiger partial charge in [-0.05, 0) is 24.5 Å². The average molecular weight is 322 g/mol. The first-order chi connectivity index (χ1) is 11.7. The lowest BCUT2D eigenvalue weighted by Gasteiger charge is -2.32. The molecule has 1 aliphatic rings. The molecule has 2 atom stereocenters. The zero-order valence-electron chi connectivity index (χ0n) is 13.1. The first-order valence-electron chi connectivity index (χ1n) is 8.04. The lowest BCUT2D eigenvalue weighted by molar-refractivity contribution is 0.0447. The zero-order chi connectivity index (χ0) is 16.5. The molecule has 1 fully saturated rings. The molecule has 0 aliphatic heterocycles. The van der Waals surface area contributed by atoms with Crippen LogP contribution in [-0.2, 0) is 6.54 Å². The molecule has 1 aliphatic carbocycles. The highest BCUT2D eigenvalue weighted by Gasteiger charge is 2.30. The van der Waals surface area contributed by atoms with Crippen molar-refractivity contribution in [2.75, 3.05) is 0 Å². The summed E-state index contributed by atoms with van der Waals surface area (Å²) < 4.78 is 1.96. The van der Waals surface area contributed by atoms with Crippen molar-refractivity contribution >= 4 is 17.1 Å². The van der Waals surface area contributed by atoms with E-state index in [0.717, 1.165) is 18.5 Å². The highest BCUT2D eigenvalue weighted by atomic mass is 16.3. The van der Waals surface area contributed by atoms with Gasteiger partial charge in [0.1, 0.15) is 5.52 Å². The Bertz CT molecular complexity index is 875. The summed E-state index contributed by atoms with van der Waals surface area (Å²) in [5.41, 5.74) is 3.07. The first-order valence-corrected chi connectivity index (χ1v) is 8.04. The van der Waals surface area contributed by atoms with Gasteiger partial charge in [-0.3, -0.25) is 4.79 Å². The number of nitrogens with zero attached hydrogens (tertiary/aromatic N) is 3. The van der Waals surface area contributed by atoms with Gasteiger partial charge in [-0.1, -0.05) is 30.3 Å². The van der Waals surface area contributed by atoms with Crippen molar-refractivity contribution in [3.05, 3.63) is 60.0 Å². The second-order valence-electron chi connectivity index (χ2n) is 6.15. The summed E-state index contributed by atoms with van der Waals surface area (Å²) in [7, 11) is 0. The summed E-state index contributed by atoms with van der Waals surface area (Å²) >= 11 is 0. The van der Waals surface area contributed by atoms with E-state index in [1.54, 1.807) is 18.6 Å². The van der Waals surface area contributed by atoms with E-state index in [1.165, 1.54) is 5.56 Å². The van der Waals surface area contributed by atoms with E-state index in [0.29, 0.717) is 17.6 Å². The second-order valence-corrected chi connectivity index (χ2v) is 6.15. The molecule has 0 radical (unpaired) electrons. The Morgan fingerprint density at radius 1 is 1.25 bits per heavy atom. The Balaban J connectivity index is 1.55. The Hall–Kier alpha value is -2.73. The van der Waals surface area contributed by atoms with Crippen LogP contribution >= 0.6 is 0 Å². The smallest absolute Gasteiger partial charge is 0.253 e. The molecule has 2 N–H and O–H groups in total. The van der Waals surface area contributed by atoms with Gasteiger partial charge >= 0.3 is 0 Å². The maximum absolute atomic E-state index is 12.2. The molecule has 0 bridgehead atoms. The summed E-state index contributed by atoms with van der Waals surface area (Å²) in [6, 6.07) is 11.7. The number of hydrogen-bond donors (Lipinski definition) is 2. The van der Waals surface area contributed by atoms with Crippen molar-refractivity contribution in [1.82, 2.24) is 19.9 Å². The largest absolute Gasteiger partial charge is 0.391 e. The normalized spacial score (nSPS) is 19.9. The molecule has 6 nitrogen and oxygen atoms in total. The zero-order valence-corrected chi connectivity index (χ0v) is 13.1. The molecule has 3 aromatic rings. The Morgan fingerprint density at radius 3 is 2.79 bits per heavy atom. The third kappa shape index (κ3) is 2.76. The molecule has 6 heteroatoms. The standard InChI is InChI=1S/C18H18N4O2/c23-16-7-6-14(16)21-18(24)13-8-15-17(19-9-13)22(11-20-15)10-12-4-2-1-3-5-12/h1-5,8-9,11,14,16,23H,6-7,10H2,(H,21,24)/t14-,16-/m0/s1. The van der Waals surface area contributed by atoms with Crippen LogP contribution in [0.15, 0.2) is 48.9 Å². The van der Waals surface area contributed by atoms with Crippen LogP contribution in [0.5, 0.6) is 0 Å². The molecule has 1 amide bonds. The van der Waals surface area contributed by atoms with Gasteiger partial charge in [-0.15, -0.1) is 0 Å². The van der Waals surface area contributed by atoms with E-state index < -0.39 is 6.10 Å². The minimum atomic E-state index is -0.435. The van der Waals surface area contributed by atoms with Gasteiger partial charge in [0.15, 0.2) is 5.65 Å². The van der Waals surface area contributed by atoms with Crippen LogP contribution in [0.4, 0.5) is 0 Å². The van der Waals surface area contributed by atoms with Gasteiger partial charge in [-0.25, -0.2) is 9.97 Å². The van der Waals surface area contributed by atoms with Gasteiger partial charge in [0.05, 0.1) is 30.6 Å². The van der Waals surface area contributed by atoms with E-state index >= 15 is 0 Å². The van der Waals surface area contributed by atoms with Crippen molar-refractivity contribution in [2.45, 2.75) is 31.5 Å². The predicted molar refractivity (Wildman–Crippen MR) is 89.6 cm³/mol. The van der Waals surface area contributed by atoms with Crippen LogP contribution in [-0.4, -0.2) is 37.7 Å². The lowest BCUT2D eigenvalue weighted by Crippen LogP contribution is -2.50. The molecule has 0 unspecified atom stereocenters. The fourth-order valence-corrected chi connectivity index (χ4v) is 2.87. The van der Waals surface area contributed by atoms with Gasteiger partial charge in [0.25, 0.3) is 5.91 Å². The summed E-state index contributed by atoms with van der Waals surface area (Å²) in [6.45, 7) is 0.685. The Morgan fingerprint density at radius 2 is 2.08 bits per heavy atom. The first kappa shape index (κ1) is 14.8. The molecule has 4 rings (SSSR count). The molecule has 122 valence electrons. The Labute approximate surface area is 139 Å². The number of pyridine rings is 1. The van der Waals surface area contributed by atoms with Gasteiger partial charge in [0.2, 0.25) is 0 Å². The monoisotopic (exact) mass is 322 g/mol. The molecular weight excluding hydrogens is 304 g/mol. The number of nitrogens with one attached hydrogen (secondary N) is 1. The van der Waals surface area contributed by atoms with Crippen molar-refractivity contribution in [1.29, 1.82) is 0 Å². The molecule has 2 aromatic heterocycles. The fourth-order valence-electron chi connectivity index (χ4n) is 2.87. The van der Waals surface area contributed by atoms with Crippen molar-refractivity contribution in [3.8, 4) is 0 Å². The van der Waals surface area contributed by atoms with Crippen LogP contribution in [0.2, 0.25) is 0 Å². The number of aliphatic hydroxyl groups excluding tert-OH is 1. The summed E-state index contributed by atoms with van der Waals surface area (Å²) in [5.74, 6) is -0.217. The maximum Gasteiger partial charge on any atom is 0.253 e. The third-order valence-corrected chi connectivity index (χ3v) is 4.47. The molecule has 2 heterocycles. The number of aliphatic hydroxyl groups is 1. The lowest BCUT2D eigenvalue weighted by atomic mass is 9.89. The number of rotatable bonds is 4. The summed E-state index contributed by atoms with van der Waals surface area (Å²) in [6.07, 6.45) is 4.42. The molecule has 0 spiro atoms. The molecule has 1 saturated carbocycles. The third-order valence-electron chi connectivity index (χ3n) is 4.47. The number of hydrogen-bond acceptors (Lipinski definition) is 4. The van der Waals surface area contributed by atoms with Gasteiger partial charge in [0, 0.05) is 6.20 Å². The number of imidazole rings is 1. The van der Waals surface area contributed by atoms with Crippen LogP contribution in [0.25, 0.3) is 11.2 Å². The van der Waals surface area contributed by atoms with Gasteiger partial charge < -0.3 is 15.0 Å². The quantitative estimate of drug-likeness (QED) is 0.767. The van der Waals surface area contributed by atoms with Crippen LogP contribution < -0.4 is 5.32 Å². The van der Waals surface area contributed by atoms with Crippen molar-refractivity contribution in [2.24, 2.45) is 0 Å². The van der Waals surface area contributed by atoms with E-state index in [-0.39, 0.29) is 11.9 Å². The average Bonchev–Trinajstić information content (AvgIpc) is 3.01. The number of benzene rings is 1. The van der Waals surface area contributed by atoms with E-state index in [2.05, 4.69) is 27.4 Å². The second kappa shape index (κ2) is 6.05. The van der Waals surface area contributed by atoms with Crippen LogP contribution in [0.3, 0.4) is 0 Å². The summed E-state index contributed by atoms with van der Waals surface area (Å²) in [4.78, 5) is 21.0. The van der Waals surface area contributed by atoms with E-state index in [4.69, 9.17) is 0 Å². The summed E-state index contributed by atoms with van der Waals surface area (Å²) in [5, 5.41) is 12.4. The fraction of sp³-hybridized carbons (Fsp3) is 0.278. The number of carbonyl (C=O) groups excluding carboxylic acids is 1. The number of fused-ring (bicyclic) bond motifs is 1. The predicted octanol–water partition coefficient (Wildman–Crippen LogP) is 1.73. The molecule has 24 heavy (non-hydrogen) atoms. The topological polar surface area (TPSA) is 80.0 Å². The van der Waals surface area contributed by atoms with Crippen molar-refractivity contribution in [3.63, 3.8) is 0 Å². The highest BCUT2D eigenvalue weighted by Crippen LogP contribution is 2.20. The molecule has 0 saturated heterocycles. The molecule has 1 aromatic carbocycles. The van der Waals surface area contributed by atoms with Crippen LogP contribution in [0, 0.1) is 0 Å². The minimum Gasteiger partial charge on any atom is -0.391 e. The minimum absolute atomic E-state index is 0.149.